The first-order valence-corrected chi connectivity index (χ1v) is 9.77. The molecule has 4 nitrogen and oxygen atoms in total. The Kier molecular flexibility index (Phi) is 4.73. The lowest BCUT2D eigenvalue weighted by Crippen LogP contribution is -2.44. The Morgan fingerprint density at radius 1 is 1.07 bits per heavy atom. The van der Waals surface area contributed by atoms with Crippen LogP contribution in [-0.2, 0) is 16.0 Å². The van der Waals surface area contributed by atoms with Crippen LogP contribution in [0.2, 0.25) is 0 Å². The molecule has 27 heavy (non-hydrogen) atoms. The van der Waals surface area contributed by atoms with Crippen molar-refractivity contribution >= 4 is 11.8 Å². The average Bonchev–Trinajstić information content (AvgIpc) is 3.48. The summed E-state index contributed by atoms with van der Waals surface area (Å²) in [5, 5.41) is 2.84. The number of hydrogen-bond donors (Lipinski definition) is 1. The van der Waals surface area contributed by atoms with Crippen LogP contribution in [0.5, 0.6) is 0 Å². The van der Waals surface area contributed by atoms with E-state index in [-0.39, 0.29) is 17.7 Å². The molecule has 2 aromatic carbocycles. The van der Waals surface area contributed by atoms with Gasteiger partial charge in [-0.3, -0.25) is 9.59 Å². The van der Waals surface area contributed by atoms with Gasteiger partial charge in [0.05, 0.1) is 5.41 Å². The van der Waals surface area contributed by atoms with E-state index >= 15 is 0 Å². The Labute approximate surface area is 160 Å². The van der Waals surface area contributed by atoms with Gasteiger partial charge in [-0.2, -0.15) is 0 Å². The maximum Gasteiger partial charge on any atom is 0.228 e. The monoisotopic (exact) mass is 362 g/mol. The standard InChI is InChI=1S/C23H26N2O2/c1-24-22(27)23(12-13-25(16-23)21(26)19-10-11-19)15-17-6-5-9-20(14-17)18-7-3-2-4-8-18/h2-9,14,19H,10-13,15-16H2,1H3,(H,24,27). The predicted octanol–water partition coefficient (Wildman–Crippen LogP) is 3.27. The van der Waals surface area contributed by atoms with Crippen molar-refractivity contribution in [3.63, 3.8) is 0 Å². The van der Waals surface area contributed by atoms with E-state index in [9.17, 15) is 9.59 Å². The average molecular weight is 362 g/mol. The lowest BCUT2D eigenvalue weighted by molar-refractivity contribution is -0.133. The van der Waals surface area contributed by atoms with Crippen molar-refractivity contribution in [2.75, 3.05) is 20.1 Å². The van der Waals surface area contributed by atoms with Crippen LogP contribution in [0.3, 0.4) is 0 Å². The Balaban J connectivity index is 1.58. The largest absolute Gasteiger partial charge is 0.359 e. The molecule has 1 aliphatic heterocycles. The van der Waals surface area contributed by atoms with Crippen LogP contribution < -0.4 is 5.32 Å². The van der Waals surface area contributed by atoms with Crippen LogP contribution in [0, 0.1) is 11.3 Å². The fraction of sp³-hybridized carbons (Fsp3) is 0.391. The summed E-state index contributed by atoms with van der Waals surface area (Å²) in [6.45, 7) is 1.21. The van der Waals surface area contributed by atoms with E-state index in [4.69, 9.17) is 0 Å². The molecule has 2 aromatic rings. The molecule has 2 fully saturated rings. The molecule has 0 bridgehead atoms. The van der Waals surface area contributed by atoms with Crippen molar-refractivity contribution < 1.29 is 9.59 Å². The molecule has 1 aliphatic carbocycles. The SMILES string of the molecule is CNC(=O)C1(Cc2cccc(-c3ccccc3)c2)CCN(C(=O)C2CC2)C1. The first-order chi connectivity index (χ1) is 13.1. The smallest absolute Gasteiger partial charge is 0.228 e. The lowest BCUT2D eigenvalue weighted by Gasteiger charge is -2.28. The highest BCUT2D eigenvalue weighted by atomic mass is 16.2. The van der Waals surface area contributed by atoms with Gasteiger partial charge in [-0.15, -0.1) is 0 Å². The Morgan fingerprint density at radius 3 is 2.52 bits per heavy atom. The molecule has 1 saturated carbocycles. The van der Waals surface area contributed by atoms with E-state index in [0.717, 1.165) is 30.4 Å². The predicted molar refractivity (Wildman–Crippen MR) is 106 cm³/mol. The molecular formula is C23H26N2O2. The fourth-order valence-corrected chi connectivity index (χ4v) is 4.21. The highest BCUT2D eigenvalue weighted by molar-refractivity contribution is 5.86. The molecule has 1 heterocycles. The summed E-state index contributed by atoms with van der Waals surface area (Å²) in [6.07, 6.45) is 3.38. The van der Waals surface area contributed by atoms with E-state index in [1.54, 1.807) is 7.05 Å². The number of carbonyl (C=O) groups is 2. The third-order valence-electron chi connectivity index (χ3n) is 5.88. The quantitative estimate of drug-likeness (QED) is 0.887. The Hall–Kier alpha value is -2.62. The number of nitrogens with zero attached hydrogens (tertiary/aromatic N) is 1. The zero-order valence-corrected chi connectivity index (χ0v) is 15.8. The molecule has 1 atom stereocenters. The fourth-order valence-electron chi connectivity index (χ4n) is 4.21. The Morgan fingerprint density at radius 2 is 1.81 bits per heavy atom. The van der Waals surface area contributed by atoms with Crippen LogP contribution in [0.15, 0.2) is 54.6 Å². The second kappa shape index (κ2) is 7.18. The third kappa shape index (κ3) is 3.61. The summed E-state index contributed by atoms with van der Waals surface area (Å²) in [5.74, 6) is 0.476. The van der Waals surface area contributed by atoms with Crippen LogP contribution >= 0.6 is 0 Å². The minimum absolute atomic E-state index is 0.0405. The van der Waals surface area contributed by atoms with Gasteiger partial charge in [0.25, 0.3) is 0 Å². The van der Waals surface area contributed by atoms with Gasteiger partial charge >= 0.3 is 0 Å². The van der Waals surface area contributed by atoms with Crippen LogP contribution in [0.1, 0.15) is 24.8 Å². The van der Waals surface area contributed by atoms with E-state index in [1.807, 2.05) is 23.1 Å². The highest BCUT2D eigenvalue weighted by Gasteiger charge is 2.47. The van der Waals surface area contributed by atoms with Gasteiger partial charge in [0, 0.05) is 26.1 Å². The molecule has 4 rings (SSSR count). The Bertz CT molecular complexity index is 844. The van der Waals surface area contributed by atoms with Crippen molar-refractivity contribution in [1.82, 2.24) is 10.2 Å². The lowest BCUT2D eigenvalue weighted by atomic mass is 9.79. The minimum Gasteiger partial charge on any atom is -0.359 e. The number of carbonyl (C=O) groups excluding carboxylic acids is 2. The zero-order chi connectivity index (χ0) is 18.9. The van der Waals surface area contributed by atoms with Gasteiger partial charge in [0.2, 0.25) is 11.8 Å². The molecule has 1 unspecified atom stereocenters. The highest BCUT2D eigenvalue weighted by Crippen LogP contribution is 2.39. The molecule has 0 spiro atoms. The van der Waals surface area contributed by atoms with Crippen LogP contribution in [0.25, 0.3) is 11.1 Å². The van der Waals surface area contributed by atoms with E-state index in [1.165, 1.54) is 5.56 Å². The summed E-state index contributed by atoms with van der Waals surface area (Å²) >= 11 is 0. The molecular weight excluding hydrogens is 336 g/mol. The summed E-state index contributed by atoms with van der Waals surface area (Å²) in [7, 11) is 1.69. The second-order valence-corrected chi connectivity index (χ2v) is 7.89. The van der Waals surface area contributed by atoms with Gasteiger partial charge in [-0.25, -0.2) is 0 Å². The zero-order valence-electron chi connectivity index (χ0n) is 15.8. The third-order valence-corrected chi connectivity index (χ3v) is 5.88. The van der Waals surface area contributed by atoms with Crippen LogP contribution in [-0.4, -0.2) is 36.9 Å². The summed E-state index contributed by atoms with van der Waals surface area (Å²) in [5.41, 5.74) is 2.93. The maximum absolute atomic E-state index is 12.8. The number of benzene rings is 2. The number of rotatable bonds is 5. The number of amides is 2. The molecule has 1 N–H and O–H groups in total. The number of hydrogen-bond acceptors (Lipinski definition) is 2. The van der Waals surface area contributed by atoms with Gasteiger partial charge in [-0.05, 0) is 42.4 Å². The molecule has 0 radical (unpaired) electrons. The van der Waals surface area contributed by atoms with E-state index < -0.39 is 5.41 Å². The maximum atomic E-state index is 12.8. The summed E-state index contributed by atoms with van der Waals surface area (Å²) < 4.78 is 0. The molecule has 2 amide bonds. The topological polar surface area (TPSA) is 49.4 Å². The van der Waals surface area contributed by atoms with Gasteiger partial charge in [-0.1, -0.05) is 54.6 Å². The van der Waals surface area contributed by atoms with Crippen LogP contribution in [0.4, 0.5) is 0 Å². The molecule has 0 aromatic heterocycles. The van der Waals surface area contributed by atoms with Crippen molar-refractivity contribution in [3.8, 4) is 11.1 Å². The van der Waals surface area contributed by atoms with E-state index in [0.29, 0.717) is 19.5 Å². The van der Waals surface area contributed by atoms with Crippen molar-refractivity contribution in [1.29, 1.82) is 0 Å². The first kappa shape index (κ1) is 17.8. The molecule has 1 saturated heterocycles. The van der Waals surface area contributed by atoms with Gasteiger partial charge in [0.1, 0.15) is 0 Å². The van der Waals surface area contributed by atoms with E-state index in [2.05, 4.69) is 41.7 Å². The normalized spacial score (nSPS) is 21.9. The number of nitrogens with one attached hydrogen (secondary N) is 1. The summed E-state index contributed by atoms with van der Waals surface area (Å²) in [4.78, 5) is 27.2. The first-order valence-electron chi connectivity index (χ1n) is 9.77. The van der Waals surface area contributed by atoms with Crippen molar-refractivity contribution in [2.24, 2.45) is 11.3 Å². The van der Waals surface area contributed by atoms with Crippen molar-refractivity contribution in [3.05, 3.63) is 60.2 Å². The number of likely N-dealkylation sites (tertiary alicyclic amines) is 1. The summed E-state index contributed by atoms with van der Waals surface area (Å²) in [6, 6.07) is 18.7. The van der Waals surface area contributed by atoms with Gasteiger partial charge in [0.15, 0.2) is 0 Å². The second-order valence-electron chi connectivity index (χ2n) is 7.89. The minimum atomic E-state index is -0.533. The van der Waals surface area contributed by atoms with Gasteiger partial charge < -0.3 is 10.2 Å². The van der Waals surface area contributed by atoms with Crippen molar-refractivity contribution in [2.45, 2.75) is 25.7 Å². The molecule has 4 heteroatoms. The molecule has 140 valence electrons. The molecule has 2 aliphatic rings.